The van der Waals surface area contributed by atoms with Gasteiger partial charge in [-0.1, -0.05) is 24.3 Å². The number of carboxylic acids is 2. The fourth-order valence-electron chi connectivity index (χ4n) is 4.60. The first kappa shape index (κ1) is 34.7. The minimum absolute atomic E-state index is 0.0139. The molecule has 0 aliphatic heterocycles. The molecular weight excluding hydrogens is 636 g/mol. The second-order valence-corrected chi connectivity index (χ2v) is 14.3. The monoisotopic (exact) mass is 669 g/mol. The van der Waals surface area contributed by atoms with Crippen LogP contribution in [0.1, 0.15) is 31.2 Å². The fourth-order valence-corrected chi connectivity index (χ4v) is 6.24. The molecule has 14 nitrogen and oxygen atoms in total. The lowest BCUT2D eigenvalue weighted by Crippen LogP contribution is -2.41. The number of hydrogen-bond acceptors (Lipinski definition) is 10. The van der Waals surface area contributed by atoms with Gasteiger partial charge in [-0.3, -0.25) is 23.6 Å². The van der Waals surface area contributed by atoms with Crippen molar-refractivity contribution < 1.29 is 43.2 Å². The third kappa shape index (κ3) is 9.20. The summed E-state index contributed by atoms with van der Waals surface area (Å²) in [6.07, 6.45) is -0.580. The zero-order chi connectivity index (χ0) is 33.5. The van der Waals surface area contributed by atoms with Crippen LogP contribution in [0, 0.1) is 0 Å². The second-order valence-electron chi connectivity index (χ2n) is 10.3. The van der Waals surface area contributed by atoms with E-state index in [0.717, 1.165) is 0 Å². The van der Waals surface area contributed by atoms with E-state index in [1.54, 1.807) is 72.5 Å². The van der Waals surface area contributed by atoms with E-state index in [1.165, 1.54) is 18.8 Å². The van der Waals surface area contributed by atoms with E-state index in [1.807, 2.05) is 0 Å². The molecule has 46 heavy (non-hydrogen) atoms. The third-order valence-electron chi connectivity index (χ3n) is 6.71. The molecule has 3 atom stereocenters. The molecule has 0 saturated heterocycles. The zero-order valence-corrected chi connectivity index (χ0v) is 26.8. The SMILES string of the molecule is CCOP(=O)(O)c1cccc(-c2cccc(CN(Cc3cccc(-c4cccc(P(C)(=O)O)n4)n3)C(CCC(=O)O)C(=O)O)n2)n1. The lowest BCUT2D eigenvalue weighted by molar-refractivity contribution is -0.145. The number of nitrogens with zero attached hydrogens (tertiary/aromatic N) is 5. The van der Waals surface area contributed by atoms with Crippen molar-refractivity contribution in [3.8, 4) is 22.8 Å². The van der Waals surface area contributed by atoms with Gasteiger partial charge in [0.25, 0.3) is 0 Å². The highest BCUT2D eigenvalue weighted by molar-refractivity contribution is 7.65. The first-order chi connectivity index (χ1) is 21.8. The molecule has 0 amide bonds. The van der Waals surface area contributed by atoms with E-state index >= 15 is 0 Å². The molecule has 0 aliphatic rings. The highest BCUT2D eigenvalue weighted by Crippen LogP contribution is 2.40. The molecule has 0 aromatic carbocycles. The molecule has 4 rings (SSSR count). The lowest BCUT2D eigenvalue weighted by atomic mass is 10.1. The Morgan fingerprint density at radius 3 is 1.67 bits per heavy atom. The molecule has 3 unspecified atom stereocenters. The molecule has 242 valence electrons. The van der Waals surface area contributed by atoms with Crippen LogP contribution in [0.4, 0.5) is 0 Å². The van der Waals surface area contributed by atoms with Gasteiger partial charge in [0.15, 0.2) is 5.44 Å². The molecule has 0 radical (unpaired) electrons. The second kappa shape index (κ2) is 15.0. The van der Waals surface area contributed by atoms with Crippen LogP contribution < -0.4 is 10.9 Å². The normalized spacial score (nSPS) is 14.7. The Balaban J connectivity index is 1.68. The third-order valence-corrected chi connectivity index (χ3v) is 9.25. The molecule has 0 saturated carbocycles. The Bertz CT molecular complexity index is 1820. The number of aromatic nitrogens is 4. The van der Waals surface area contributed by atoms with E-state index in [9.17, 15) is 38.7 Å². The van der Waals surface area contributed by atoms with Crippen molar-refractivity contribution in [2.75, 3.05) is 13.3 Å². The van der Waals surface area contributed by atoms with Crippen LogP contribution in [0.3, 0.4) is 0 Å². The molecule has 4 aromatic heterocycles. The van der Waals surface area contributed by atoms with E-state index in [0.29, 0.717) is 34.2 Å². The number of rotatable bonds is 15. The molecule has 4 N–H and O–H groups in total. The van der Waals surface area contributed by atoms with E-state index in [-0.39, 0.29) is 43.4 Å². The van der Waals surface area contributed by atoms with Crippen LogP contribution >= 0.6 is 15.0 Å². The van der Waals surface area contributed by atoms with Crippen molar-refractivity contribution in [3.05, 3.63) is 84.2 Å². The van der Waals surface area contributed by atoms with Crippen molar-refractivity contribution >= 4 is 37.8 Å². The Labute approximate surface area is 264 Å². The standard InChI is InChI=1S/C30H33N5O9P2/c1-3-44-46(42,43)28-15-7-13-25(34-28)23-11-5-9-21(32-23)19-35(26(30(38)39)16-17-29(36)37)18-20-8-4-10-22(31-20)24-12-6-14-27(33-24)45(2,40)41/h4-15,26H,3,16-19H2,1-2H3,(H,36,37)(H,38,39)(H,40,41)(H,42,43). The van der Waals surface area contributed by atoms with Crippen LogP contribution in [-0.2, 0) is 36.3 Å². The van der Waals surface area contributed by atoms with Crippen molar-refractivity contribution in [2.24, 2.45) is 0 Å². The van der Waals surface area contributed by atoms with Gasteiger partial charge in [0.05, 0.1) is 40.8 Å². The van der Waals surface area contributed by atoms with Gasteiger partial charge in [0, 0.05) is 26.2 Å². The zero-order valence-electron chi connectivity index (χ0n) is 25.0. The highest BCUT2D eigenvalue weighted by Gasteiger charge is 2.28. The van der Waals surface area contributed by atoms with Crippen LogP contribution in [0.15, 0.2) is 72.8 Å². The molecule has 0 fully saturated rings. The van der Waals surface area contributed by atoms with Crippen molar-refractivity contribution in [2.45, 2.75) is 38.9 Å². The Kier molecular flexibility index (Phi) is 11.3. The first-order valence-electron chi connectivity index (χ1n) is 14.1. The lowest BCUT2D eigenvalue weighted by Gasteiger charge is -2.28. The Morgan fingerprint density at radius 1 is 0.761 bits per heavy atom. The molecule has 4 heterocycles. The topological polar surface area (TPSA) is 213 Å². The van der Waals surface area contributed by atoms with Crippen LogP contribution in [0.25, 0.3) is 22.8 Å². The number of aliphatic carboxylic acids is 2. The maximum Gasteiger partial charge on any atom is 0.376 e. The maximum absolute atomic E-state index is 12.5. The number of carboxylic acid groups (broad SMARTS) is 2. The van der Waals surface area contributed by atoms with Gasteiger partial charge < -0.3 is 24.5 Å². The van der Waals surface area contributed by atoms with E-state index in [4.69, 9.17) is 4.52 Å². The largest absolute Gasteiger partial charge is 0.481 e. The van der Waals surface area contributed by atoms with Gasteiger partial charge in [-0.15, -0.1) is 0 Å². The first-order valence-corrected chi connectivity index (χ1v) is 17.8. The number of hydrogen-bond donors (Lipinski definition) is 4. The van der Waals surface area contributed by atoms with E-state index in [2.05, 4.69) is 19.9 Å². The maximum atomic E-state index is 12.5. The molecular formula is C30H33N5O9P2. The van der Waals surface area contributed by atoms with Crippen LogP contribution in [0.2, 0.25) is 0 Å². The Morgan fingerprint density at radius 2 is 1.22 bits per heavy atom. The van der Waals surface area contributed by atoms with Crippen LogP contribution in [-0.4, -0.2) is 76.1 Å². The Hall–Kier alpha value is -4.16. The van der Waals surface area contributed by atoms with Crippen molar-refractivity contribution in [3.63, 3.8) is 0 Å². The summed E-state index contributed by atoms with van der Waals surface area (Å²) >= 11 is 0. The predicted octanol–water partition coefficient (Wildman–Crippen LogP) is 3.29. The summed E-state index contributed by atoms with van der Waals surface area (Å²) in [5, 5.41) is 19.4. The smallest absolute Gasteiger partial charge is 0.376 e. The number of carbonyl (C=O) groups is 2. The average Bonchev–Trinajstić information content (AvgIpc) is 3.01. The van der Waals surface area contributed by atoms with Crippen LogP contribution in [0.5, 0.6) is 0 Å². The van der Waals surface area contributed by atoms with Crippen molar-refractivity contribution in [1.82, 2.24) is 24.8 Å². The number of pyridine rings is 4. The summed E-state index contributed by atoms with van der Waals surface area (Å²) in [6, 6.07) is 18.0. The average molecular weight is 670 g/mol. The fraction of sp³-hybridized carbons (Fsp3) is 0.267. The highest BCUT2D eigenvalue weighted by atomic mass is 31.2. The van der Waals surface area contributed by atoms with Gasteiger partial charge in [0.2, 0.25) is 7.37 Å². The van der Waals surface area contributed by atoms with Gasteiger partial charge in [0.1, 0.15) is 11.5 Å². The molecule has 16 heteroatoms. The van der Waals surface area contributed by atoms with Gasteiger partial charge >= 0.3 is 19.5 Å². The minimum Gasteiger partial charge on any atom is -0.481 e. The van der Waals surface area contributed by atoms with Gasteiger partial charge in [-0.2, -0.15) is 0 Å². The van der Waals surface area contributed by atoms with E-state index < -0.39 is 32.9 Å². The summed E-state index contributed by atoms with van der Waals surface area (Å²) in [5.74, 6) is -2.37. The summed E-state index contributed by atoms with van der Waals surface area (Å²) in [5.41, 5.74) is 2.13. The summed E-state index contributed by atoms with van der Waals surface area (Å²) in [4.78, 5) is 63.3. The summed E-state index contributed by atoms with van der Waals surface area (Å²) in [7, 11) is -7.77. The summed E-state index contributed by atoms with van der Waals surface area (Å²) in [6.45, 7) is 2.75. The van der Waals surface area contributed by atoms with Crippen molar-refractivity contribution in [1.29, 1.82) is 0 Å². The van der Waals surface area contributed by atoms with Gasteiger partial charge in [-0.25, -0.2) is 19.9 Å². The molecule has 4 aromatic rings. The minimum atomic E-state index is -4.14. The molecule has 0 spiro atoms. The summed E-state index contributed by atoms with van der Waals surface area (Å²) < 4.78 is 29.7. The quantitative estimate of drug-likeness (QED) is 0.134. The molecule has 0 bridgehead atoms. The molecule has 0 aliphatic carbocycles. The predicted molar refractivity (Wildman–Crippen MR) is 169 cm³/mol. The van der Waals surface area contributed by atoms with Gasteiger partial charge in [-0.05, 0) is 61.9 Å².